The van der Waals surface area contributed by atoms with Gasteiger partial charge in [0.1, 0.15) is 24.1 Å². The van der Waals surface area contributed by atoms with Crippen molar-refractivity contribution in [3.63, 3.8) is 0 Å². The Balaban J connectivity index is 1.80. The Morgan fingerprint density at radius 2 is 2.19 bits per heavy atom. The summed E-state index contributed by atoms with van der Waals surface area (Å²) in [6, 6.07) is 7.72. The monoisotopic (exact) mass is 356 g/mol. The van der Waals surface area contributed by atoms with Crippen LogP contribution in [0.2, 0.25) is 0 Å². The Bertz CT molecular complexity index is 448. The minimum absolute atomic E-state index is 0.0975. The highest BCUT2D eigenvalue weighted by molar-refractivity contribution is 9.10. The van der Waals surface area contributed by atoms with Crippen molar-refractivity contribution in [1.82, 2.24) is 0 Å². The van der Waals surface area contributed by atoms with Gasteiger partial charge in [-0.3, -0.25) is 0 Å². The maximum atomic E-state index is 6.05. The molecule has 1 aromatic rings. The lowest BCUT2D eigenvalue weighted by Gasteiger charge is -2.38. The molecule has 5 heteroatoms. The van der Waals surface area contributed by atoms with Crippen LogP contribution in [-0.2, 0) is 14.2 Å². The Kier molecular flexibility index (Phi) is 6.23. The minimum Gasteiger partial charge on any atom is -0.491 e. The summed E-state index contributed by atoms with van der Waals surface area (Å²) < 4.78 is 23.9. The highest BCUT2D eigenvalue weighted by Crippen LogP contribution is 2.22. The van der Waals surface area contributed by atoms with Crippen molar-refractivity contribution in [3.8, 4) is 5.75 Å². The molecule has 4 nitrogen and oxygen atoms in total. The lowest BCUT2D eigenvalue weighted by Crippen LogP contribution is -2.50. The first-order chi connectivity index (χ1) is 10.1. The van der Waals surface area contributed by atoms with Crippen LogP contribution in [0.5, 0.6) is 5.75 Å². The largest absolute Gasteiger partial charge is 0.491 e. The molecule has 116 valence electrons. The fraction of sp³-hybridized carbons (Fsp3) is 0.500. The minimum atomic E-state index is -0.436. The zero-order valence-corrected chi connectivity index (χ0v) is 13.8. The molecule has 1 heterocycles. The van der Waals surface area contributed by atoms with Gasteiger partial charge in [0, 0.05) is 4.47 Å². The van der Waals surface area contributed by atoms with Crippen LogP contribution in [0.1, 0.15) is 6.92 Å². The Morgan fingerprint density at radius 1 is 1.43 bits per heavy atom. The molecule has 0 N–H and O–H groups in total. The van der Waals surface area contributed by atoms with Crippen LogP contribution in [0, 0.1) is 0 Å². The number of hydrogen-bond acceptors (Lipinski definition) is 4. The van der Waals surface area contributed by atoms with Gasteiger partial charge >= 0.3 is 0 Å². The molecule has 0 spiro atoms. The molecule has 1 saturated heterocycles. The van der Waals surface area contributed by atoms with E-state index in [4.69, 9.17) is 18.9 Å². The number of hydrogen-bond donors (Lipinski definition) is 0. The van der Waals surface area contributed by atoms with Crippen molar-refractivity contribution < 1.29 is 18.9 Å². The molecule has 1 aliphatic heterocycles. The summed E-state index contributed by atoms with van der Waals surface area (Å²) in [5.41, 5.74) is -0.436. The molecule has 2 unspecified atom stereocenters. The first kappa shape index (κ1) is 16.5. The van der Waals surface area contributed by atoms with E-state index >= 15 is 0 Å². The van der Waals surface area contributed by atoms with E-state index in [1.807, 2.05) is 31.2 Å². The van der Waals surface area contributed by atoms with Crippen molar-refractivity contribution in [1.29, 1.82) is 0 Å². The predicted octanol–water partition coefficient (Wildman–Crippen LogP) is 3.20. The van der Waals surface area contributed by atoms with Crippen molar-refractivity contribution in [2.75, 3.05) is 33.0 Å². The number of rotatable bonds is 7. The summed E-state index contributed by atoms with van der Waals surface area (Å²) in [7, 11) is 0. The van der Waals surface area contributed by atoms with E-state index in [0.717, 1.165) is 10.2 Å². The van der Waals surface area contributed by atoms with Crippen LogP contribution in [0.3, 0.4) is 0 Å². The predicted molar refractivity (Wildman–Crippen MR) is 84.8 cm³/mol. The van der Waals surface area contributed by atoms with Crippen LogP contribution >= 0.6 is 15.9 Å². The first-order valence-corrected chi connectivity index (χ1v) is 7.73. The third kappa shape index (κ3) is 5.43. The lowest BCUT2D eigenvalue weighted by molar-refractivity contribution is -0.215. The molecule has 1 aromatic carbocycles. The van der Waals surface area contributed by atoms with Crippen LogP contribution in [0.25, 0.3) is 0 Å². The highest BCUT2D eigenvalue weighted by Gasteiger charge is 2.34. The topological polar surface area (TPSA) is 36.9 Å². The Hall–Kier alpha value is -0.880. The number of ether oxygens (including phenoxy) is 4. The molecule has 0 amide bonds. The average molecular weight is 357 g/mol. The van der Waals surface area contributed by atoms with Gasteiger partial charge in [-0.05, 0) is 31.2 Å². The van der Waals surface area contributed by atoms with Crippen molar-refractivity contribution >= 4 is 15.9 Å². The molecule has 0 aromatic heterocycles. The fourth-order valence-corrected chi connectivity index (χ4v) is 2.38. The summed E-state index contributed by atoms with van der Waals surface area (Å²) in [6.45, 7) is 8.13. The molecular formula is C16H21BrO4. The van der Waals surface area contributed by atoms with Gasteiger partial charge in [0.15, 0.2) is 0 Å². The average Bonchev–Trinajstić information content (AvgIpc) is 2.47. The maximum absolute atomic E-state index is 6.05. The lowest BCUT2D eigenvalue weighted by atomic mass is 10.1. The molecule has 0 bridgehead atoms. The van der Waals surface area contributed by atoms with E-state index in [0.29, 0.717) is 33.0 Å². The highest BCUT2D eigenvalue weighted by atomic mass is 79.9. The standard InChI is InChI=1S/C16H21BrO4/c1-3-8-18-11-16(2)12-19-9-15(21-16)10-20-14-6-4-13(17)5-7-14/h3-7,15H,1,8-12H2,2H3. The molecule has 0 saturated carbocycles. The summed E-state index contributed by atoms with van der Waals surface area (Å²) in [5.74, 6) is 0.817. The van der Waals surface area contributed by atoms with Crippen molar-refractivity contribution in [2.24, 2.45) is 0 Å². The first-order valence-electron chi connectivity index (χ1n) is 6.94. The van der Waals surface area contributed by atoms with Gasteiger partial charge in [0.25, 0.3) is 0 Å². The Labute approximate surface area is 134 Å². The molecule has 0 radical (unpaired) electrons. The molecule has 2 atom stereocenters. The van der Waals surface area contributed by atoms with E-state index < -0.39 is 5.60 Å². The van der Waals surface area contributed by atoms with E-state index in [2.05, 4.69) is 22.5 Å². The molecule has 0 aliphatic carbocycles. The van der Waals surface area contributed by atoms with E-state index in [9.17, 15) is 0 Å². The number of benzene rings is 1. The second kappa shape index (κ2) is 7.94. The van der Waals surface area contributed by atoms with Gasteiger partial charge in [0.2, 0.25) is 0 Å². The summed E-state index contributed by atoms with van der Waals surface area (Å²) >= 11 is 3.40. The van der Waals surface area contributed by atoms with Gasteiger partial charge in [-0.25, -0.2) is 0 Å². The maximum Gasteiger partial charge on any atom is 0.119 e. The number of halogens is 1. The van der Waals surface area contributed by atoms with Gasteiger partial charge in [-0.2, -0.15) is 0 Å². The van der Waals surface area contributed by atoms with Gasteiger partial charge in [-0.15, -0.1) is 6.58 Å². The second-order valence-corrected chi connectivity index (χ2v) is 6.19. The second-order valence-electron chi connectivity index (χ2n) is 5.27. The third-order valence-corrected chi connectivity index (χ3v) is 3.58. The van der Waals surface area contributed by atoms with Crippen LogP contribution in [0.4, 0.5) is 0 Å². The summed E-state index contributed by atoms with van der Waals surface area (Å²) in [6.07, 6.45) is 1.63. The van der Waals surface area contributed by atoms with Crippen LogP contribution in [-0.4, -0.2) is 44.7 Å². The van der Waals surface area contributed by atoms with Gasteiger partial charge in [-0.1, -0.05) is 22.0 Å². The summed E-state index contributed by atoms with van der Waals surface area (Å²) in [4.78, 5) is 0. The van der Waals surface area contributed by atoms with E-state index in [-0.39, 0.29) is 6.10 Å². The van der Waals surface area contributed by atoms with Crippen LogP contribution < -0.4 is 4.74 Å². The molecule has 2 rings (SSSR count). The fourth-order valence-electron chi connectivity index (χ4n) is 2.11. The summed E-state index contributed by atoms with van der Waals surface area (Å²) in [5, 5.41) is 0. The normalized spacial score (nSPS) is 25.5. The van der Waals surface area contributed by atoms with Crippen molar-refractivity contribution in [3.05, 3.63) is 41.4 Å². The van der Waals surface area contributed by atoms with E-state index in [1.165, 1.54) is 0 Å². The Morgan fingerprint density at radius 3 is 2.90 bits per heavy atom. The molecule has 1 fully saturated rings. The molecular weight excluding hydrogens is 336 g/mol. The SMILES string of the molecule is C=CCOCC1(C)COCC(COc2ccc(Br)cc2)O1. The van der Waals surface area contributed by atoms with Crippen molar-refractivity contribution in [2.45, 2.75) is 18.6 Å². The third-order valence-electron chi connectivity index (χ3n) is 3.05. The zero-order chi connectivity index (χ0) is 15.1. The van der Waals surface area contributed by atoms with Gasteiger partial charge in [0.05, 0.1) is 26.4 Å². The zero-order valence-electron chi connectivity index (χ0n) is 12.2. The molecule has 1 aliphatic rings. The smallest absolute Gasteiger partial charge is 0.119 e. The van der Waals surface area contributed by atoms with Gasteiger partial charge < -0.3 is 18.9 Å². The molecule has 21 heavy (non-hydrogen) atoms. The van der Waals surface area contributed by atoms with Crippen LogP contribution in [0.15, 0.2) is 41.4 Å². The quantitative estimate of drug-likeness (QED) is 0.555. The van der Waals surface area contributed by atoms with E-state index in [1.54, 1.807) is 6.08 Å².